The summed E-state index contributed by atoms with van der Waals surface area (Å²) >= 11 is 1.61. The van der Waals surface area contributed by atoms with E-state index in [1.807, 2.05) is 17.8 Å². The van der Waals surface area contributed by atoms with Crippen molar-refractivity contribution in [2.24, 2.45) is 7.05 Å². The van der Waals surface area contributed by atoms with Gasteiger partial charge in [0.1, 0.15) is 0 Å². The van der Waals surface area contributed by atoms with Crippen LogP contribution < -0.4 is 0 Å². The lowest BCUT2D eigenvalue weighted by Crippen LogP contribution is -2.21. The largest absolute Gasteiger partial charge is 0.390 e. The third-order valence-corrected chi connectivity index (χ3v) is 6.06. The number of aliphatic hydroxyl groups is 1. The number of hydrogen-bond acceptors (Lipinski definition) is 3. The first-order valence-corrected chi connectivity index (χ1v) is 9.60. The molecule has 0 saturated heterocycles. The molecule has 1 aromatic carbocycles. The smallest absolute Gasteiger partial charge is 0.167 e. The molecule has 0 unspecified atom stereocenters. The maximum atomic E-state index is 10.6. The minimum atomic E-state index is -0.381. The fraction of sp³-hybridized carbons (Fsp3) is 0.421. The molecule has 1 aliphatic rings. The summed E-state index contributed by atoms with van der Waals surface area (Å²) in [6, 6.07) is 8.63. The molecule has 0 spiro atoms. The molecule has 2 aromatic heterocycles. The third kappa shape index (κ3) is 2.87. The fourth-order valence-corrected chi connectivity index (χ4v) is 4.57. The molecule has 0 bridgehead atoms. The number of aromatic nitrogens is 3. The van der Waals surface area contributed by atoms with Crippen molar-refractivity contribution < 1.29 is 5.11 Å². The normalized spacial score (nSPS) is 15.6. The predicted molar refractivity (Wildman–Crippen MR) is 98.5 cm³/mol. The number of benzene rings is 1. The van der Waals surface area contributed by atoms with E-state index in [-0.39, 0.29) is 6.10 Å². The fourth-order valence-electron chi connectivity index (χ4n) is 3.72. The van der Waals surface area contributed by atoms with E-state index in [4.69, 9.17) is 0 Å². The molecule has 1 N–H and O–H groups in total. The number of imidazole rings is 1. The molecule has 0 fully saturated rings. The van der Waals surface area contributed by atoms with Crippen LogP contribution >= 0.6 is 11.8 Å². The van der Waals surface area contributed by atoms with Gasteiger partial charge in [0.05, 0.1) is 6.10 Å². The van der Waals surface area contributed by atoms with Gasteiger partial charge in [-0.1, -0.05) is 30.0 Å². The second-order valence-corrected chi connectivity index (χ2v) is 7.53. The number of rotatable bonds is 5. The van der Waals surface area contributed by atoms with Crippen LogP contribution in [0.3, 0.4) is 0 Å². The first-order valence-electron chi connectivity index (χ1n) is 8.61. The molecule has 0 amide bonds. The first-order chi connectivity index (χ1) is 11.7. The Morgan fingerprint density at radius 3 is 2.92 bits per heavy atom. The van der Waals surface area contributed by atoms with E-state index in [0.717, 1.165) is 11.6 Å². The van der Waals surface area contributed by atoms with Crippen LogP contribution in [0.15, 0.2) is 41.8 Å². The Labute approximate surface area is 146 Å². The Bertz CT molecular complexity index is 852. The predicted octanol–water partition coefficient (Wildman–Crippen LogP) is 3.41. The number of nitrogens with zero attached hydrogens (tertiary/aromatic N) is 3. The topological polar surface area (TPSA) is 43.0 Å². The average molecular weight is 341 g/mol. The maximum Gasteiger partial charge on any atom is 0.167 e. The van der Waals surface area contributed by atoms with Gasteiger partial charge >= 0.3 is 0 Å². The molecule has 3 aromatic rings. The molecule has 4 nitrogen and oxygen atoms in total. The average Bonchev–Trinajstić information content (AvgIpc) is 3.16. The van der Waals surface area contributed by atoms with E-state index in [0.29, 0.717) is 12.3 Å². The van der Waals surface area contributed by atoms with Crippen molar-refractivity contribution in [2.45, 2.75) is 43.5 Å². The minimum absolute atomic E-state index is 0.381. The summed E-state index contributed by atoms with van der Waals surface area (Å²) in [6.45, 7) is 0.660. The molecule has 2 heterocycles. The lowest BCUT2D eigenvalue weighted by Gasteiger charge is -2.18. The molecule has 0 saturated carbocycles. The Hall–Kier alpha value is -1.72. The molecule has 0 aliphatic heterocycles. The molecule has 126 valence electrons. The molecular weight excluding hydrogens is 318 g/mol. The lowest BCUT2D eigenvalue weighted by atomic mass is 9.95. The highest BCUT2D eigenvalue weighted by Crippen LogP contribution is 2.32. The summed E-state index contributed by atoms with van der Waals surface area (Å²) in [6.07, 6.45) is 8.17. The second-order valence-electron chi connectivity index (χ2n) is 6.55. The highest BCUT2D eigenvalue weighted by Gasteiger charge is 2.21. The van der Waals surface area contributed by atoms with Gasteiger partial charge in [-0.15, -0.1) is 0 Å². The second kappa shape index (κ2) is 6.65. The zero-order valence-corrected chi connectivity index (χ0v) is 14.8. The molecule has 5 heteroatoms. The zero-order valence-electron chi connectivity index (χ0n) is 14.0. The summed E-state index contributed by atoms with van der Waals surface area (Å²) in [4.78, 5) is 4.31. The highest BCUT2D eigenvalue weighted by atomic mass is 32.2. The van der Waals surface area contributed by atoms with Crippen LogP contribution in [-0.2, 0) is 26.4 Å². The summed E-state index contributed by atoms with van der Waals surface area (Å²) < 4.78 is 4.35. The first kappa shape index (κ1) is 15.8. The van der Waals surface area contributed by atoms with Gasteiger partial charge in [0, 0.05) is 48.3 Å². The van der Waals surface area contributed by atoms with Crippen LogP contribution in [0.25, 0.3) is 10.9 Å². The van der Waals surface area contributed by atoms with E-state index in [2.05, 4.69) is 33.8 Å². The number of fused-ring (bicyclic) bond motifs is 3. The van der Waals surface area contributed by atoms with E-state index < -0.39 is 0 Å². The standard InChI is InChI=1S/C19H23N3OS/c1-21-11-10-20-19(21)24-13-14(23)12-22-17-8-4-2-6-15(17)16-7-3-5-9-18(16)22/h2,4,6,8,10-11,14,23H,3,5,7,9,12-13H2,1H3/t14-/m0/s1. The SMILES string of the molecule is Cn1ccnc1SC[C@@H](O)Cn1c2c(c3ccccc31)CCCC2. The van der Waals surface area contributed by atoms with Gasteiger partial charge in [0.2, 0.25) is 0 Å². The Morgan fingerprint density at radius 2 is 2.08 bits per heavy atom. The number of thioether (sulfide) groups is 1. The van der Waals surface area contributed by atoms with Crippen molar-refractivity contribution in [2.75, 3.05) is 5.75 Å². The number of aryl methyl sites for hydroxylation is 2. The molecule has 4 rings (SSSR count). The molecule has 1 atom stereocenters. The van der Waals surface area contributed by atoms with Crippen molar-refractivity contribution in [1.29, 1.82) is 0 Å². The van der Waals surface area contributed by atoms with Crippen molar-refractivity contribution in [3.63, 3.8) is 0 Å². The molecule has 0 radical (unpaired) electrons. The quantitative estimate of drug-likeness (QED) is 0.723. The molecule has 1 aliphatic carbocycles. The van der Waals surface area contributed by atoms with Gasteiger partial charge < -0.3 is 14.2 Å². The minimum Gasteiger partial charge on any atom is -0.390 e. The van der Waals surface area contributed by atoms with Crippen molar-refractivity contribution >= 4 is 22.7 Å². The van der Waals surface area contributed by atoms with Crippen LogP contribution in [-0.4, -0.2) is 31.1 Å². The molecular formula is C19H23N3OS. The lowest BCUT2D eigenvalue weighted by molar-refractivity contribution is 0.178. The van der Waals surface area contributed by atoms with Crippen LogP contribution in [0.5, 0.6) is 0 Å². The number of hydrogen-bond donors (Lipinski definition) is 1. The summed E-state index contributed by atoms with van der Waals surface area (Å²) in [5.74, 6) is 0.659. The number of aliphatic hydroxyl groups excluding tert-OH is 1. The third-order valence-electron chi connectivity index (χ3n) is 4.86. The Morgan fingerprint density at radius 1 is 1.25 bits per heavy atom. The van der Waals surface area contributed by atoms with Crippen molar-refractivity contribution in [3.8, 4) is 0 Å². The van der Waals surface area contributed by atoms with Crippen LogP contribution in [0.1, 0.15) is 24.1 Å². The van der Waals surface area contributed by atoms with Gasteiger partial charge in [0.15, 0.2) is 5.16 Å². The van der Waals surface area contributed by atoms with E-state index in [1.165, 1.54) is 41.4 Å². The summed E-state index contributed by atoms with van der Waals surface area (Å²) in [7, 11) is 1.98. The maximum absolute atomic E-state index is 10.6. The van der Waals surface area contributed by atoms with Crippen LogP contribution in [0.4, 0.5) is 0 Å². The van der Waals surface area contributed by atoms with Gasteiger partial charge in [-0.2, -0.15) is 0 Å². The zero-order chi connectivity index (χ0) is 16.5. The van der Waals surface area contributed by atoms with Gasteiger partial charge in [-0.25, -0.2) is 4.98 Å². The Balaban J connectivity index is 1.56. The van der Waals surface area contributed by atoms with Gasteiger partial charge in [-0.3, -0.25) is 0 Å². The van der Waals surface area contributed by atoms with E-state index in [1.54, 1.807) is 18.0 Å². The van der Waals surface area contributed by atoms with E-state index >= 15 is 0 Å². The Kier molecular flexibility index (Phi) is 4.37. The number of para-hydroxylation sites is 1. The van der Waals surface area contributed by atoms with Crippen molar-refractivity contribution in [3.05, 3.63) is 47.9 Å². The monoisotopic (exact) mass is 341 g/mol. The van der Waals surface area contributed by atoms with Gasteiger partial charge in [-0.05, 0) is 37.3 Å². The summed E-state index contributed by atoms with van der Waals surface area (Å²) in [5, 5.41) is 12.9. The van der Waals surface area contributed by atoms with E-state index in [9.17, 15) is 5.11 Å². The van der Waals surface area contributed by atoms with Crippen LogP contribution in [0.2, 0.25) is 0 Å². The van der Waals surface area contributed by atoms with Gasteiger partial charge in [0.25, 0.3) is 0 Å². The summed E-state index contributed by atoms with van der Waals surface area (Å²) in [5.41, 5.74) is 4.20. The highest BCUT2D eigenvalue weighted by molar-refractivity contribution is 7.99. The molecule has 24 heavy (non-hydrogen) atoms. The van der Waals surface area contributed by atoms with Crippen LogP contribution in [0, 0.1) is 0 Å². The van der Waals surface area contributed by atoms with Crippen molar-refractivity contribution in [1.82, 2.24) is 14.1 Å².